The second kappa shape index (κ2) is 5.89. The Morgan fingerprint density at radius 1 is 1.47 bits per heavy atom. The van der Waals surface area contributed by atoms with Gasteiger partial charge in [-0.1, -0.05) is 19.9 Å². The summed E-state index contributed by atoms with van der Waals surface area (Å²) in [6, 6.07) is 6.27. The van der Waals surface area contributed by atoms with E-state index in [-0.39, 0.29) is 0 Å². The molecule has 3 nitrogen and oxygen atoms in total. The van der Waals surface area contributed by atoms with E-state index >= 15 is 0 Å². The summed E-state index contributed by atoms with van der Waals surface area (Å²) in [5.74, 6) is 2.91. The molecule has 2 heterocycles. The van der Waals surface area contributed by atoms with Crippen molar-refractivity contribution in [2.45, 2.75) is 33.1 Å². The molecular weight excluding hydrogens is 210 g/mol. The Morgan fingerprint density at radius 3 is 3.12 bits per heavy atom. The molecule has 17 heavy (non-hydrogen) atoms. The number of nitrogens with zero attached hydrogens (tertiary/aromatic N) is 2. The minimum atomic E-state index is 0.790. The molecular formula is C14H23N3. The number of hydrogen-bond donors (Lipinski definition) is 1. The number of aromatic nitrogens is 1. The second-order valence-corrected chi connectivity index (χ2v) is 5.00. The van der Waals surface area contributed by atoms with Gasteiger partial charge in [-0.05, 0) is 37.3 Å². The first-order valence-electron chi connectivity index (χ1n) is 6.75. The van der Waals surface area contributed by atoms with Crippen LogP contribution in [-0.4, -0.2) is 24.6 Å². The van der Waals surface area contributed by atoms with Gasteiger partial charge in [0.1, 0.15) is 11.6 Å². The summed E-state index contributed by atoms with van der Waals surface area (Å²) < 4.78 is 0. The van der Waals surface area contributed by atoms with Crippen LogP contribution in [0.25, 0.3) is 0 Å². The SMILES string of the molecule is CCCNc1cccc(N2CCCC(C)C2)n1. The summed E-state index contributed by atoms with van der Waals surface area (Å²) in [6.07, 6.45) is 3.77. The quantitative estimate of drug-likeness (QED) is 0.866. The van der Waals surface area contributed by atoms with Crippen molar-refractivity contribution in [1.29, 1.82) is 0 Å². The van der Waals surface area contributed by atoms with Gasteiger partial charge >= 0.3 is 0 Å². The highest BCUT2D eigenvalue weighted by Crippen LogP contribution is 2.22. The van der Waals surface area contributed by atoms with Crippen LogP contribution in [0.15, 0.2) is 18.2 Å². The molecule has 2 rings (SSSR count). The summed E-state index contributed by atoms with van der Waals surface area (Å²) in [5, 5.41) is 3.35. The Morgan fingerprint density at radius 2 is 2.35 bits per heavy atom. The molecule has 1 N–H and O–H groups in total. The summed E-state index contributed by atoms with van der Waals surface area (Å²) in [7, 11) is 0. The average Bonchev–Trinajstić information content (AvgIpc) is 2.37. The van der Waals surface area contributed by atoms with E-state index in [1.54, 1.807) is 0 Å². The summed E-state index contributed by atoms with van der Waals surface area (Å²) in [5.41, 5.74) is 0. The number of rotatable bonds is 4. The molecule has 1 aliphatic heterocycles. The van der Waals surface area contributed by atoms with Gasteiger partial charge in [0.25, 0.3) is 0 Å². The van der Waals surface area contributed by atoms with Crippen molar-refractivity contribution in [2.24, 2.45) is 5.92 Å². The molecule has 1 fully saturated rings. The van der Waals surface area contributed by atoms with Gasteiger partial charge in [-0.25, -0.2) is 4.98 Å². The van der Waals surface area contributed by atoms with Crippen LogP contribution in [0.3, 0.4) is 0 Å². The van der Waals surface area contributed by atoms with Gasteiger partial charge in [0.15, 0.2) is 0 Å². The Labute approximate surface area is 104 Å². The van der Waals surface area contributed by atoms with Crippen LogP contribution in [0, 0.1) is 5.92 Å². The fraction of sp³-hybridized carbons (Fsp3) is 0.643. The van der Waals surface area contributed by atoms with Crippen molar-refractivity contribution in [3.8, 4) is 0 Å². The maximum Gasteiger partial charge on any atom is 0.130 e. The van der Waals surface area contributed by atoms with E-state index in [1.807, 2.05) is 6.07 Å². The molecule has 0 aromatic carbocycles. The third-order valence-electron chi connectivity index (χ3n) is 3.27. The van der Waals surface area contributed by atoms with Crippen molar-refractivity contribution in [3.05, 3.63) is 18.2 Å². The molecule has 1 atom stereocenters. The third kappa shape index (κ3) is 3.35. The predicted molar refractivity (Wildman–Crippen MR) is 73.6 cm³/mol. The van der Waals surface area contributed by atoms with Gasteiger partial charge in [-0.3, -0.25) is 0 Å². The molecule has 1 aromatic heterocycles. The van der Waals surface area contributed by atoms with Gasteiger partial charge in [-0.2, -0.15) is 0 Å². The van der Waals surface area contributed by atoms with Gasteiger partial charge in [0, 0.05) is 19.6 Å². The highest BCUT2D eigenvalue weighted by molar-refractivity contribution is 5.47. The monoisotopic (exact) mass is 233 g/mol. The molecule has 0 aliphatic carbocycles. The number of piperidine rings is 1. The van der Waals surface area contributed by atoms with Crippen LogP contribution < -0.4 is 10.2 Å². The number of hydrogen-bond acceptors (Lipinski definition) is 3. The zero-order chi connectivity index (χ0) is 12.1. The van der Waals surface area contributed by atoms with Crippen molar-refractivity contribution < 1.29 is 0 Å². The van der Waals surface area contributed by atoms with Crippen molar-refractivity contribution in [3.63, 3.8) is 0 Å². The van der Waals surface area contributed by atoms with Crippen molar-refractivity contribution in [2.75, 3.05) is 29.9 Å². The van der Waals surface area contributed by atoms with E-state index in [9.17, 15) is 0 Å². The summed E-state index contributed by atoms with van der Waals surface area (Å²) in [6.45, 7) is 7.78. The van der Waals surface area contributed by atoms with Crippen LogP contribution in [0.1, 0.15) is 33.1 Å². The summed E-state index contributed by atoms with van der Waals surface area (Å²) in [4.78, 5) is 7.09. The van der Waals surface area contributed by atoms with Crippen molar-refractivity contribution in [1.82, 2.24) is 4.98 Å². The number of pyridine rings is 1. The Hall–Kier alpha value is -1.25. The van der Waals surface area contributed by atoms with Crippen molar-refractivity contribution >= 4 is 11.6 Å². The molecule has 1 unspecified atom stereocenters. The third-order valence-corrected chi connectivity index (χ3v) is 3.27. The Balaban J connectivity index is 2.04. The van der Waals surface area contributed by atoms with E-state index in [0.717, 1.165) is 43.6 Å². The maximum absolute atomic E-state index is 4.68. The lowest BCUT2D eigenvalue weighted by atomic mass is 10.0. The molecule has 1 aliphatic rings. The molecule has 0 amide bonds. The highest BCUT2D eigenvalue weighted by atomic mass is 15.2. The zero-order valence-corrected chi connectivity index (χ0v) is 10.9. The molecule has 3 heteroatoms. The van der Waals surface area contributed by atoms with E-state index in [0.29, 0.717) is 0 Å². The van der Waals surface area contributed by atoms with Crippen LogP contribution >= 0.6 is 0 Å². The first-order valence-corrected chi connectivity index (χ1v) is 6.75. The van der Waals surface area contributed by atoms with Crippen LogP contribution in [0.4, 0.5) is 11.6 Å². The van der Waals surface area contributed by atoms with Gasteiger partial charge in [0.2, 0.25) is 0 Å². The largest absolute Gasteiger partial charge is 0.370 e. The van der Waals surface area contributed by atoms with Gasteiger partial charge in [0.05, 0.1) is 0 Å². The Kier molecular flexibility index (Phi) is 4.24. The normalized spacial score (nSPS) is 20.4. The molecule has 0 spiro atoms. The lowest BCUT2D eigenvalue weighted by molar-refractivity contribution is 0.444. The minimum Gasteiger partial charge on any atom is -0.370 e. The van der Waals surface area contributed by atoms with E-state index in [4.69, 9.17) is 0 Å². The Bertz CT molecular complexity index is 351. The molecule has 0 saturated carbocycles. The topological polar surface area (TPSA) is 28.2 Å². The number of anilines is 2. The molecule has 0 bridgehead atoms. The molecule has 94 valence electrons. The zero-order valence-electron chi connectivity index (χ0n) is 10.9. The fourth-order valence-electron chi connectivity index (χ4n) is 2.35. The maximum atomic E-state index is 4.68. The lowest BCUT2D eigenvalue weighted by Crippen LogP contribution is -2.34. The van der Waals surface area contributed by atoms with E-state index in [2.05, 4.69) is 41.2 Å². The molecule has 1 saturated heterocycles. The van der Waals surface area contributed by atoms with Crippen LogP contribution in [-0.2, 0) is 0 Å². The lowest BCUT2D eigenvalue weighted by Gasteiger charge is -2.32. The van der Waals surface area contributed by atoms with Crippen LogP contribution in [0.2, 0.25) is 0 Å². The predicted octanol–water partition coefficient (Wildman–Crippen LogP) is 3.14. The molecule has 1 aromatic rings. The minimum absolute atomic E-state index is 0.790. The molecule has 0 radical (unpaired) electrons. The number of nitrogens with one attached hydrogen (secondary N) is 1. The van der Waals surface area contributed by atoms with E-state index in [1.165, 1.54) is 12.8 Å². The van der Waals surface area contributed by atoms with Gasteiger partial charge in [-0.15, -0.1) is 0 Å². The van der Waals surface area contributed by atoms with Gasteiger partial charge < -0.3 is 10.2 Å². The van der Waals surface area contributed by atoms with Crippen LogP contribution in [0.5, 0.6) is 0 Å². The van der Waals surface area contributed by atoms with E-state index < -0.39 is 0 Å². The average molecular weight is 233 g/mol. The highest BCUT2D eigenvalue weighted by Gasteiger charge is 2.17. The smallest absolute Gasteiger partial charge is 0.130 e. The fourth-order valence-corrected chi connectivity index (χ4v) is 2.35. The first-order chi connectivity index (χ1) is 8.29. The second-order valence-electron chi connectivity index (χ2n) is 5.00. The summed E-state index contributed by atoms with van der Waals surface area (Å²) >= 11 is 0. The first kappa shape index (κ1) is 12.2. The standard InChI is InChI=1S/C14H23N3/c1-3-9-15-13-7-4-8-14(16-13)17-10-5-6-12(2)11-17/h4,7-8,12H,3,5-6,9-11H2,1-2H3,(H,15,16).